The minimum absolute atomic E-state index is 0.00262. The van der Waals surface area contributed by atoms with Crippen molar-refractivity contribution < 1.29 is 18.9 Å². The number of benzene rings is 2. The Morgan fingerprint density at radius 2 is 1.55 bits per heavy atom. The van der Waals surface area contributed by atoms with E-state index in [0.29, 0.717) is 17.2 Å². The number of hydrogen-bond donors (Lipinski definition) is 0. The van der Waals surface area contributed by atoms with Gasteiger partial charge in [-0.2, -0.15) is 0 Å². The van der Waals surface area contributed by atoms with Crippen LogP contribution in [0.3, 0.4) is 0 Å². The second kappa shape index (κ2) is 9.35. The number of methoxy groups -OCH3 is 4. The summed E-state index contributed by atoms with van der Waals surface area (Å²) in [6, 6.07) is 16.6. The van der Waals surface area contributed by atoms with Gasteiger partial charge in [-0.05, 0) is 36.8 Å². The molecule has 0 unspecified atom stereocenters. The Hall–Kier alpha value is -3.12. The van der Waals surface area contributed by atoms with E-state index in [1.807, 2.05) is 18.2 Å². The lowest BCUT2D eigenvalue weighted by Gasteiger charge is -2.32. The fourth-order valence-electron chi connectivity index (χ4n) is 4.56. The number of para-hydroxylation sites is 1. The van der Waals surface area contributed by atoms with Crippen LogP contribution < -0.4 is 18.9 Å². The summed E-state index contributed by atoms with van der Waals surface area (Å²) in [7, 11) is 6.69. The number of nitrogens with zero attached hydrogens (tertiary/aromatic N) is 2. The van der Waals surface area contributed by atoms with Gasteiger partial charge in [-0.15, -0.1) is 0 Å². The van der Waals surface area contributed by atoms with Crippen LogP contribution in [0.5, 0.6) is 23.0 Å². The maximum atomic E-state index is 5.87. The largest absolute Gasteiger partial charge is 0.496 e. The van der Waals surface area contributed by atoms with Crippen LogP contribution in [0.4, 0.5) is 0 Å². The maximum absolute atomic E-state index is 5.87. The molecule has 1 aliphatic rings. The topological polar surface area (TPSA) is 45.1 Å². The van der Waals surface area contributed by atoms with E-state index in [2.05, 4.69) is 46.0 Å². The molecule has 31 heavy (non-hydrogen) atoms. The number of hydrogen-bond acceptors (Lipinski definition) is 5. The molecule has 0 bridgehead atoms. The molecule has 1 atom stereocenters. The van der Waals surface area contributed by atoms with Gasteiger partial charge in [0.2, 0.25) is 5.75 Å². The standard InChI is InChI=1S/C25H30N2O4/c1-28-21-11-6-5-9-18(21)17-27-16-8-15-26-14-7-10-20(26)23(27)19-12-13-22(29-2)25(31-4)24(19)30-3/h5-7,9-14,23H,8,15-17H2,1-4H3/t23-/m1/s1. The van der Waals surface area contributed by atoms with Crippen LogP contribution in [0.2, 0.25) is 0 Å². The quantitative estimate of drug-likeness (QED) is 0.560. The van der Waals surface area contributed by atoms with E-state index in [4.69, 9.17) is 18.9 Å². The first-order valence-corrected chi connectivity index (χ1v) is 10.5. The molecule has 0 radical (unpaired) electrons. The Balaban J connectivity index is 1.85. The highest BCUT2D eigenvalue weighted by Gasteiger charge is 2.32. The van der Waals surface area contributed by atoms with Crippen molar-refractivity contribution in [1.29, 1.82) is 0 Å². The van der Waals surface area contributed by atoms with E-state index in [9.17, 15) is 0 Å². The summed E-state index contributed by atoms with van der Waals surface area (Å²) in [6.07, 6.45) is 3.21. The lowest BCUT2D eigenvalue weighted by Crippen LogP contribution is -2.30. The molecule has 0 N–H and O–H groups in total. The molecule has 0 fully saturated rings. The number of ether oxygens (including phenoxy) is 4. The molecular formula is C25H30N2O4. The fourth-order valence-corrected chi connectivity index (χ4v) is 4.56. The first-order chi connectivity index (χ1) is 15.2. The molecule has 0 saturated carbocycles. The van der Waals surface area contributed by atoms with Crippen LogP contribution in [-0.4, -0.2) is 44.5 Å². The molecule has 164 valence electrons. The molecule has 1 aromatic heterocycles. The Bertz CT molecular complexity index is 1030. The zero-order valence-electron chi connectivity index (χ0n) is 18.6. The summed E-state index contributed by atoms with van der Waals surface area (Å²) in [4.78, 5) is 2.49. The van der Waals surface area contributed by atoms with E-state index in [1.165, 1.54) is 5.69 Å². The predicted octanol–water partition coefficient (Wildman–Crippen LogP) is 4.52. The summed E-state index contributed by atoms with van der Waals surface area (Å²) in [5.74, 6) is 2.87. The molecule has 2 aromatic carbocycles. The average molecular weight is 423 g/mol. The van der Waals surface area contributed by atoms with Crippen molar-refractivity contribution in [3.8, 4) is 23.0 Å². The van der Waals surface area contributed by atoms with Gasteiger partial charge in [0.05, 0.1) is 34.5 Å². The van der Waals surface area contributed by atoms with E-state index < -0.39 is 0 Å². The molecule has 0 aliphatic carbocycles. The van der Waals surface area contributed by atoms with Gasteiger partial charge in [-0.1, -0.05) is 18.2 Å². The smallest absolute Gasteiger partial charge is 0.203 e. The monoisotopic (exact) mass is 422 g/mol. The summed E-state index contributed by atoms with van der Waals surface area (Å²) >= 11 is 0. The predicted molar refractivity (Wildman–Crippen MR) is 120 cm³/mol. The molecule has 3 aromatic rings. The van der Waals surface area contributed by atoms with Gasteiger partial charge < -0.3 is 23.5 Å². The van der Waals surface area contributed by atoms with Crippen molar-refractivity contribution in [2.75, 3.05) is 35.0 Å². The summed E-state index contributed by atoms with van der Waals surface area (Å²) in [5.41, 5.74) is 3.45. The fraction of sp³-hybridized carbons (Fsp3) is 0.360. The SMILES string of the molecule is COc1ccccc1CN1CCCn2cccc2[C@H]1c1ccc(OC)c(OC)c1OC. The van der Waals surface area contributed by atoms with Crippen molar-refractivity contribution in [2.24, 2.45) is 0 Å². The lowest BCUT2D eigenvalue weighted by molar-refractivity contribution is 0.212. The Labute approximate surface area is 183 Å². The number of fused-ring (bicyclic) bond motifs is 1. The minimum Gasteiger partial charge on any atom is -0.496 e. The van der Waals surface area contributed by atoms with Gasteiger partial charge >= 0.3 is 0 Å². The molecule has 1 aliphatic heterocycles. The van der Waals surface area contributed by atoms with E-state index in [0.717, 1.165) is 42.9 Å². The van der Waals surface area contributed by atoms with Crippen LogP contribution in [-0.2, 0) is 13.1 Å². The maximum Gasteiger partial charge on any atom is 0.203 e. The summed E-state index contributed by atoms with van der Waals surface area (Å²) in [6.45, 7) is 2.69. The number of aromatic nitrogens is 1. The van der Waals surface area contributed by atoms with Gasteiger partial charge in [0.1, 0.15) is 5.75 Å². The highest BCUT2D eigenvalue weighted by atomic mass is 16.5. The third-order valence-corrected chi connectivity index (χ3v) is 5.95. The second-order valence-electron chi connectivity index (χ2n) is 7.59. The second-order valence-corrected chi connectivity index (χ2v) is 7.59. The first-order valence-electron chi connectivity index (χ1n) is 10.5. The summed E-state index contributed by atoms with van der Waals surface area (Å²) < 4.78 is 25.0. The molecule has 4 rings (SSSR count). The molecule has 0 saturated heterocycles. The van der Waals surface area contributed by atoms with Gasteiger partial charge in [-0.3, -0.25) is 4.90 Å². The van der Waals surface area contributed by atoms with Gasteiger partial charge in [0.15, 0.2) is 11.5 Å². The molecule has 6 nitrogen and oxygen atoms in total. The molecular weight excluding hydrogens is 392 g/mol. The molecule has 0 spiro atoms. The Morgan fingerprint density at radius 1 is 0.774 bits per heavy atom. The third kappa shape index (κ3) is 3.95. The highest BCUT2D eigenvalue weighted by molar-refractivity contribution is 5.58. The Kier molecular flexibility index (Phi) is 6.37. The van der Waals surface area contributed by atoms with Crippen molar-refractivity contribution in [1.82, 2.24) is 9.47 Å². The van der Waals surface area contributed by atoms with Crippen LogP contribution in [0.1, 0.15) is 29.3 Å². The third-order valence-electron chi connectivity index (χ3n) is 5.95. The molecule has 2 heterocycles. The van der Waals surface area contributed by atoms with Crippen molar-refractivity contribution >= 4 is 0 Å². The van der Waals surface area contributed by atoms with Gasteiger partial charge in [0.25, 0.3) is 0 Å². The molecule has 0 amide bonds. The number of rotatable bonds is 7. The van der Waals surface area contributed by atoms with E-state index >= 15 is 0 Å². The van der Waals surface area contributed by atoms with Crippen LogP contribution in [0.25, 0.3) is 0 Å². The minimum atomic E-state index is -0.00262. The zero-order chi connectivity index (χ0) is 21.8. The average Bonchev–Trinajstić information content (AvgIpc) is 3.20. The summed E-state index contributed by atoms with van der Waals surface area (Å²) in [5, 5.41) is 0. The van der Waals surface area contributed by atoms with Gasteiger partial charge in [-0.25, -0.2) is 0 Å². The van der Waals surface area contributed by atoms with Crippen molar-refractivity contribution in [3.05, 3.63) is 71.5 Å². The van der Waals surface area contributed by atoms with Crippen molar-refractivity contribution in [3.63, 3.8) is 0 Å². The van der Waals surface area contributed by atoms with Crippen LogP contribution in [0, 0.1) is 0 Å². The zero-order valence-corrected chi connectivity index (χ0v) is 18.6. The van der Waals surface area contributed by atoms with Crippen LogP contribution >= 0.6 is 0 Å². The van der Waals surface area contributed by atoms with Crippen LogP contribution in [0.15, 0.2) is 54.7 Å². The number of aryl methyl sites for hydroxylation is 1. The Morgan fingerprint density at radius 3 is 2.29 bits per heavy atom. The lowest BCUT2D eigenvalue weighted by atomic mass is 9.98. The van der Waals surface area contributed by atoms with E-state index in [1.54, 1.807) is 28.4 Å². The highest BCUT2D eigenvalue weighted by Crippen LogP contribution is 2.46. The first kappa shape index (κ1) is 21.1. The van der Waals surface area contributed by atoms with E-state index in [-0.39, 0.29) is 6.04 Å². The van der Waals surface area contributed by atoms with Gasteiger partial charge in [0, 0.05) is 42.7 Å². The normalized spacial score (nSPS) is 16.3. The molecule has 6 heteroatoms. The van der Waals surface area contributed by atoms with Crippen molar-refractivity contribution in [2.45, 2.75) is 25.6 Å².